The van der Waals surface area contributed by atoms with Crippen LogP contribution in [0, 0.1) is 0 Å². The first-order chi connectivity index (χ1) is 12.1. The van der Waals surface area contributed by atoms with E-state index in [1.807, 2.05) is 49.4 Å². The van der Waals surface area contributed by atoms with Crippen LogP contribution in [0.1, 0.15) is 23.6 Å². The van der Waals surface area contributed by atoms with E-state index in [-0.39, 0.29) is 6.10 Å². The van der Waals surface area contributed by atoms with Crippen molar-refractivity contribution >= 4 is 5.97 Å². The minimum atomic E-state index is -0.863. The summed E-state index contributed by atoms with van der Waals surface area (Å²) in [5, 5.41) is 12.7. The van der Waals surface area contributed by atoms with E-state index in [2.05, 4.69) is 5.32 Å². The summed E-state index contributed by atoms with van der Waals surface area (Å²) in [6.45, 7) is 2.44. The van der Waals surface area contributed by atoms with E-state index in [1.165, 1.54) is 0 Å². The van der Waals surface area contributed by atoms with Crippen molar-refractivity contribution in [1.29, 1.82) is 0 Å². The number of carboxylic acids is 1. The number of carbonyl (C=O) groups is 1. The maximum atomic E-state index is 11.6. The lowest BCUT2D eigenvalue weighted by Crippen LogP contribution is -2.38. The van der Waals surface area contributed by atoms with E-state index in [4.69, 9.17) is 9.47 Å². The molecule has 0 aliphatic carbocycles. The number of hydrogen-bond acceptors (Lipinski definition) is 4. The summed E-state index contributed by atoms with van der Waals surface area (Å²) in [4.78, 5) is 11.6. The molecule has 1 aliphatic rings. The first-order valence-electron chi connectivity index (χ1n) is 8.43. The van der Waals surface area contributed by atoms with Gasteiger partial charge in [0.05, 0.1) is 7.11 Å². The highest BCUT2D eigenvalue weighted by molar-refractivity contribution is 5.74. The molecule has 2 N–H and O–H groups in total. The monoisotopic (exact) mass is 341 g/mol. The molecule has 25 heavy (non-hydrogen) atoms. The van der Waals surface area contributed by atoms with Crippen LogP contribution in [-0.2, 0) is 24.2 Å². The van der Waals surface area contributed by atoms with Crippen LogP contribution >= 0.6 is 0 Å². The van der Waals surface area contributed by atoms with Gasteiger partial charge in [-0.1, -0.05) is 30.3 Å². The molecule has 1 heterocycles. The van der Waals surface area contributed by atoms with Crippen molar-refractivity contribution < 1.29 is 19.4 Å². The molecule has 0 radical (unpaired) electrons. The number of ether oxygens (including phenoxy) is 2. The molecule has 5 heteroatoms. The predicted octanol–water partition coefficient (Wildman–Crippen LogP) is 2.80. The molecule has 0 spiro atoms. The highest BCUT2D eigenvalue weighted by Gasteiger charge is 2.25. The van der Waals surface area contributed by atoms with Crippen molar-refractivity contribution in [2.24, 2.45) is 0 Å². The molecule has 2 aromatic carbocycles. The minimum absolute atomic E-state index is 0.125. The molecule has 3 rings (SSSR count). The van der Waals surface area contributed by atoms with Gasteiger partial charge in [-0.3, -0.25) is 10.1 Å². The number of fused-ring (bicyclic) bond motifs is 1. The fraction of sp³-hybridized carbons (Fsp3) is 0.350. The molecule has 132 valence electrons. The van der Waals surface area contributed by atoms with Crippen LogP contribution < -0.4 is 14.8 Å². The molecular weight excluding hydrogens is 318 g/mol. The van der Waals surface area contributed by atoms with E-state index in [9.17, 15) is 9.90 Å². The summed E-state index contributed by atoms with van der Waals surface area (Å²) in [5.74, 6) is 0.755. The van der Waals surface area contributed by atoms with Gasteiger partial charge in [-0.05, 0) is 31.0 Å². The topological polar surface area (TPSA) is 67.8 Å². The lowest BCUT2D eigenvalue weighted by Gasteiger charge is -2.17. The molecular formula is C20H23NO4. The van der Waals surface area contributed by atoms with Crippen molar-refractivity contribution in [3.8, 4) is 11.5 Å². The zero-order valence-electron chi connectivity index (χ0n) is 14.5. The maximum absolute atomic E-state index is 11.6. The standard InChI is InChI=1S/C20H23NO4/c1-13-8-15-10-17(24-2)11-16(19(15)25-13)12-21-18(20(22)23)9-14-6-4-3-5-7-14/h3-7,10-11,13,18,21H,8-9,12H2,1-2H3,(H,22,23)/t13?,18-/m0/s1. The largest absolute Gasteiger partial charge is 0.497 e. The number of rotatable bonds is 7. The van der Waals surface area contributed by atoms with Gasteiger partial charge in [0.2, 0.25) is 0 Å². The lowest BCUT2D eigenvalue weighted by atomic mass is 10.0. The SMILES string of the molecule is COc1cc(CN[C@@H](Cc2ccccc2)C(=O)O)c2c(c1)CC(C)O2. The molecule has 0 bridgehead atoms. The van der Waals surface area contributed by atoms with Crippen LogP contribution in [0.3, 0.4) is 0 Å². The smallest absolute Gasteiger partial charge is 0.321 e. The van der Waals surface area contributed by atoms with Gasteiger partial charge in [-0.15, -0.1) is 0 Å². The molecule has 2 atom stereocenters. The number of aliphatic carboxylic acids is 1. The summed E-state index contributed by atoms with van der Waals surface area (Å²) in [6.07, 6.45) is 1.39. The lowest BCUT2D eigenvalue weighted by molar-refractivity contribution is -0.139. The van der Waals surface area contributed by atoms with Crippen molar-refractivity contribution in [3.63, 3.8) is 0 Å². The molecule has 1 unspecified atom stereocenters. The molecule has 2 aromatic rings. The number of benzene rings is 2. The van der Waals surface area contributed by atoms with Gasteiger partial charge >= 0.3 is 5.97 Å². The first-order valence-corrected chi connectivity index (χ1v) is 8.43. The van der Waals surface area contributed by atoms with Crippen molar-refractivity contribution in [1.82, 2.24) is 5.32 Å². The molecule has 0 aromatic heterocycles. The number of carboxylic acid groups (broad SMARTS) is 1. The molecule has 0 fully saturated rings. The zero-order chi connectivity index (χ0) is 17.8. The highest BCUT2D eigenvalue weighted by Crippen LogP contribution is 2.36. The summed E-state index contributed by atoms with van der Waals surface area (Å²) in [5.41, 5.74) is 3.03. The Kier molecular flexibility index (Phi) is 5.24. The number of nitrogens with one attached hydrogen (secondary N) is 1. The third-order valence-corrected chi connectivity index (χ3v) is 4.40. The predicted molar refractivity (Wildman–Crippen MR) is 95.2 cm³/mol. The average molecular weight is 341 g/mol. The van der Waals surface area contributed by atoms with Gasteiger partial charge in [0.15, 0.2) is 0 Å². The second-order valence-electron chi connectivity index (χ2n) is 6.37. The van der Waals surface area contributed by atoms with Gasteiger partial charge in [0.1, 0.15) is 23.6 Å². The Hall–Kier alpha value is -2.53. The van der Waals surface area contributed by atoms with Crippen molar-refractivity contribution in [3.05, 3.63) is 59.2 Å². The maximum Gasteiger partial charge on any atom is 0.321 e. The quantitative estimate of drug-likeness (QED) is 0.810. The van der Waals surface area contributed by atoms with Gasteiger partial charge in [0.25, 0.3) is 0 Å². The Balaban J connectivity index is 1.75. The van der Waals surface area contributed by atoms with E-state index < -0.39 is 12.0 Å². The molecule has 5 nitrogen and oxygen atoms in total. The molecule has 0 saturated heterocycles. The number of hydrogen-bond donors (Lipinski definition) is 2. The second kappa shape index (κ2) is 7.57. The van der Waals surface area contributed by atoms with E-state index in [0.717, 1.165) is 34.6 Å². The Bertz CT molecular complexity index is 745. The van der Waals surface area contributed by atoms with Gasteiger partial charge in [-0.2, -0.15) is 0 Å². The van der Waals surface area contributed by atoms with Crippen LogP contribution in [0.5, 0.6) is 11.5 Å². The van der Waals surface area contributed by atoms with Gasteiger partial charge < -0.3 is 14.6 Å². The van der Waals surface area contributed by atoms with E-state index in [1.54, 1.807) is 7.11 Å². The van der Waals surface area contributed by atoms with Crippen LogP contribution in [-0.4, -0.2) is 30.3 Å². The minimum Gasteiger partial charge on any atom is -0.497 e. The summed E-state index contributed by atoms with van der Waals surface area (Å²) in [6, 6.07) is 12.9. The van der Waals surface area contributed by atoms with Crippen LogP contribution in [0.2, 0.25) is 0 Å². The van der Waals surface area contributed by atoms with Crippen molar-refractivity contribution in [2.45, 2.75) is 38.5 Å². The van der Waals surface area contributed by atoms with Crippen LogP contribution in [0.15, 0.2) is 42.5 Å². The molecule has 0 amide bonds. The summed E-state index contributed by atoms with van der Waals surface area (Å²) < 4.78 is 11.3. The van der Waals surface area contributed by atoms with Crippen LogP contribution in [0.4, 0.5) is 0 Å². The average Bonchev–Trinajstić information content (AvgIpc) is 2.99. The summed E-state index contributed by atoms with van der Waals surface area (Å²) >= 11 is 0. The number of methoxy groups -OCH3 is 1. The van der Waals surface area contributed by atoms with Crippen molar-refractivity contribution in [2.75, 3.05) is 7.11 Å². The van der Waals surface area contributed by atoms with E-state index >= 15 is 0 Å². The highest BCUT2D eigenvalue weighted by atomic mass is 16.5. The third-order valence-electron chi connectivity index (χ3n) is 4.40. The Morgan fingerprint density at radius 1 is 1.36 bits per heavy atom. The fourth-order valence-corrected chi connectivity index (χ4v) is 3.16. The molecule has 1 aliphatic heterocycles. The first kappa shape index (κ1) is 17.3. The summed E-state index contributed by atoms with van der Waals surface area (Å²) in [7, 11) is 1.63. The van der Waals surface area contributed by atoms with Gasteiger partial charge in [0, 0.05) is 24.1 Å². The van der Waals surface area contributed by atoms with Gasteiger partial charge in [-0.25, -0.2) is 0 Å². The zero-order valence-corrected chi connectivity index (χ0v) is 14.5. The second-order valence-corrected chi connectivity index (χ2v) is 6.37. The third kappa shape index (κ3) is 4.12. The normalized spacial score (nSPS) is 16.8. The Labute approximate surface area is 147 Å². The van der Waals surface area contributed by atoms with E-state index in [0.29, 0.717) is 13.0 Å². The van der Waals surface area contributed by atoms with Crippen LogP contribution in [0.25, 0.3) is 0 Å². The Morgan fingerprint density at radius 2 is 2.12 bits per heavy atom. The molecule has 0 saturated carbocycles. The fourth-order valence-electron chi connectivity index (χ4n) is 3.16. The Morgan fingerprint density at radius 3 is 2.80 bits per heavy atom.